The van der Waals surface area contributed by atoms with Gasteiger partial charge in [0.2, 0.25) is 0 Å². The Kier molecular flexibility index (Phi) is 2.70. The molecule has 1 aliphatic rings. The van der Waals surface area contributed by atoms with E-state index in [1.807, 2.05) is 18.5 Å². The zero-order valence-corrected chi connectivity index (χ0v) is 10.2. The maximum absolute atomic E-state index is 10.7. The summed E-state index contributed by atoms with van der Waals surface area (Å²) in [5.74, 6) is -0.731. The third-order valence-electron chi connectivity index (χ3n) is 3.26. The Morgan fingerprint density at radius 2 is 2.19 bits per heavy atom. The van der Waals surface area contributed by atoms with Crippen molar-refractivity contribution in [1.82, 2.24) is 9.78 Å². The topological polar surface area (TPSA) is 55.1 Å². The van der Waals surface area contributed by atoms with E-state index in [1.165, 1.54) is 0 Å². The zero-order valence-electron chi connectivity index (χ0n) is 9.46. The predicted molar refractivity (Wildman–Crippen MR) is 60.6 cm³/mol. The highest BCUT2D eigenvalue weighted by Gasteiger charge is 2.45. The Morgan fingerprint density at radius 1 is 1.56 bits per heavy atom. The van der Waals surface area contributed by atoms with Crippen LogP contribution in [0.2, 0.25) is 5.02 Å². The smallest absolute Gasteiger partial charge is 0.303 e. The van der Waals surface area contributed by atoms with Crippen molar-refractivity contribution >= 4 is 17.6 Å². The Labute approximate surface area is 99.2 Å². The van der Waals surface area contributed by atoms with Gasteiger partial charge in [0, 0.05) is 12.0 Å². The maximum Gasteiger partial charge on any atom is 0.303 e. The molecule has 0 aromatic carbocycles. The van der Waals surface area contributed by atoms with E-state index in [1.54, 1.807) is 0 Å². The lowest BCUT2D eigenvalue weighted by Gasteiger charge is -2.13. The van der Waals surface area contributed by atoms with Gasteiger partial charge in [0.15, 0.2) is 0 Å². The molecule has 0 radical (unpaired) electrons. The Morgan fingerprint density at radius 3 is 2.56 bits per heavy atom. The molecule has 2 rings (SSSR count). The van der Waals surface area contributed by atoms with Crippen LogP contribution in [-0.4, -0.2) is 20.9 Å². The summed E-state index contributed by atoms with van der Waals surface area (Å²) < 4.78 is 1.84. The number of carbonyl (C=O) groups is 1. The van der Waals surface area contributed by atoms with Crippen molar-refractivity contribution in [2.45, 2.75) is 39.7 Å². The first kappa shape index (κ1) is 11.5. The fourth-order valence-electron chi connectivity index (χ4n) is 2.04. The SMILES string of the molecule is Cc1nn(CC2(CC(=O)O)CC2)c(C)c1Cl. The molecular weight excluding hydrogens is 228 g/mol. The molecule has 0 aliphatic heterocycles. The van der Waals surface area contributed by atoms with E-state index < -0.39 is 5.97 Å². The molecule has 0 atom stereocenters. The summed E-state index contributed by atoms with van der Waals surface area (Å²) in [4.78, 5) is 10.7. The van der Waals surface area contributed by atoms with Crippen molar-refractivity contribution in [1.29, 1.82) is 0 Å². The summed E-state index contributed by atoms with van der Waals surface area (Å²) in [5, 5.41) is 13.9. The molecule has 0 bridgehead atoms. The molecule has 1 heterocycles. The van der Waals surface area contributed by atoms with E-state index in [4.69, 9.17) is 16.7 Å². The Bertz CT molecular complexity index is 435. The molecular formula is C11H15ClN2O2. The summed E-state index contributed by atoms with van der Waals surface area (Å²) in [6.07, 6.45) is 2.16. The Hall–Kier alpha value is -1.03. The van der Waals surface area contributed by atoms with Crippen LogP contribution in [0.3, 0.4) is 0 Å². The second-order valence-corrected chi connectivity index (χ2v) is 5.09. The third-order valence-corrected chi connectivity index (χ3v) is 3.81. The number of hydrogen-bond acceptors (Lipinski definition) is 2. The first-order valence-corrected chi connectivity index (χ1v) is 5.73. The van der Waals surface area contributed by atoms with E-state index >= 15 is 0 Å². The molecule has 5 heteroatoms. The minimum absolute atomic E-state index is 0.0849. The number of aliphatic carboxylic acids is 1. The standard InChI is InChI=1S/C11H15ClN2O2/c1-7-10(12)8(2)14(13-7)6-11(3-4-11)5-9(15)16/h3-6H2,1-2H3,(H,15,16). The largest absolute Gasteiger partial charge is 0.481 e. The summed E-state index contributed by atoms with van der Waals surface area (Å²) in [6, 6.07) is 0. The van der Waals surface area contributed by atoms with Gasteiger partial charge in [-0.1, -0.05) is 11.6 Å². The van der Waals surface area contributed by atoms with Gasteiger partial charge in [-0.05, 0) is 26.7 Å². The van der Waals surface area contributed by atoms with Crippen LogP contribution >= 0.6 is 11.6 Å². The fraction of sp³-hybridized carbons (Fsp3) is 0.636. The van der Waals surface area contributed by atoms with Crippen LogP contribution in [0.4, 0.5) is 0 Å². The third kappa shape index (κ3) is 2.07. The van der Waals surface area contributed by atoms with Crippen LogP contribution < -0.4 is 0 Å². The summed E-state index contributed by atoms with van der Waals surface area (Å²) in [7, 11) is 0. The summed E-state index contributed by atoms with van der Waals surface area (Å²) in [5.41, 5.74) is 1.65. The van der Waals surface area contributed by atoms with Gasteiger partial charge < -0.3 is 5.11 Å². The van der Waals surface area contributed by atoms with E-state index in [2.05, 4.69) is 5.10 Å². The number of hydrogen-bond donors (Lipinski definition) is 1. The first-order chi connectivity index (χ1) is 7.43. The maximum atomic E-state index is 10.7. The van der Waals surface area contributed by atoms with Gasteiger partial charge in [0.1, 0.15) is 0 Å². The second-order valence-electron chi connectivity index (χ2n) is 4.71. The molecule has 0 spiro atoms. The molecule has 1 N–H and O–H groups in total. The van der Waals surface area contributed by atoms with Gasteiger partial charge in [-0.2, -0.15) is 5.10 Å². The summed E-state index contributed by atoms with van der Waals surface area (Å²) >= 11 is 6.05. The van der Waals surface area contributed by atoms with E-state index in [9.17, 15) is 4.79 Å². The molecule has 1 saturated carbocycles. The second kappa shape index (κ2) is 3.77. The number of aryl methyl sites for hydroxylation is 1. The van der Waals surface area contributed by atoms with E-state index in [-0.39, 0.29) is 11.8 Å². The number of halogens is 1. The lowest BCUT2D eigenvalue weighted by atomic mass is 10.0. The van der Waals surface area contributed by atoms with Gasteiger partial charge in [-0.3, -0.25) is 9.48 Å². The number of carboxylic acid groups (broad SMARTS) is 1. The predicted octanol–water partition coefficient (Wildman–Crippen LogP) is 2.41. The van der Waals surface area contributed by atoms with Crippen molar-refractivity contribution < 1.29 is 9.90 Å². The van der Waals surface area contributed by atoms with Gasteiger partial charge >= 0.3 is 5.97 Å². The first-order valence-electron chi connectivity index (χ1n) is 5.35. The van der Waals surface area contributed by atoms with E-state index in [0.717, 1.165) is 24.2 Å². The molecule has 0 saturated heterocycles. The van der Waals surface area contributed by atoms with Gasteiger partial charge in [-0.15, -0.1) is 0 Å². The van der Waals surface area contributed by atoms with Gasteiger partial charge in [-0.25, -0.2) is 0 Å². The monoisotopic (exact) mass is 242 g/mol. The molecule has 1 fully saturated rings. The van der Waals surface area contributed by atoms with Crippen molar-refractivity contribution in [2.24, 2.45) is 5.41 Å². The van der Waals surface area contributed by atoms with Crippen LogP contribution in [0.15, 0.2) is 0 Å². The molecule has 1 aromatic rings. The molecule has 16 heavy (non-hydrogen) atoms. The summed E-state index contributed by atoms with van der Waals surface area (Å²) in [6.45, 7) is 4.44. The fourth-order valence-corrected chi connectivity index (χ4v) is 2.17. The highest BCUT2D eigenvalue weighted by atomic mass is 35.5. The average molecular weight is 243 g/mol. The van der Waals surface area contributed by atoms with Gasteiger partial charge in [0.05, 0.1) is 22.8 Å². The van der Waals surface area contributed by atoms with Crippen molar-refractivity contribution in [3.8, 4) is 0 Å². The number of aromatic nitrogens is 2. The van der Waals surface area contributed by atoms with Crippen molar-refractivity contribution in [3.05, 3.63) is 16.4 Å². The van der Waals surface area contributed by atoms with Gasteiger partial charge in [0.25, 0.3) is 0 Å². The average Bonchev–Trinajstić information content (AvgIpc) is 2.88. The van der Waals surface area contributed by atoms with Crippen LogP contribution in [0, 0.1) is 19.3 Å². The lowest BCUT2D eigenvalue weighted by Crippen LogP contribution is -2.17. The van der Waals surface area contributed by atoms with Crippen LogP contribution in [0.1, 0.15) is 30.7 Å². The van der Waals surface area contributed by atoms with E-state index in [0.29, 0.717) is 11.6 Å². The van der Waals surface area contributed by atoms with Crippen molar-refractivity contribution in [3.63, 3.8) is 0 Å². The van der Waals surface area contributed by atoms with Crippen LogP contribution in [-0.2, 0) is 11.3 Å². The van der Waals surface area contributed by atoms with Crippen LogP contribution in [0.25, 0.3) is 0 Å². The molecule has 0 amide bonds. The number of rotatable bonds is 4. The molecule has 4 nitrogen and oxygen atoms in total. The highest BCUT2D eigenvalue weighted by molar-refractivity contribution is 6.31. The molecule has 1 aliphatic carbocycles. The number of nitrogens with zero attached hydrogens (tertiary/aromatic N) is 2. The zero-order chi connectivity index (χ0) is 11.9. The normalized spacial score (nSPS) is 17.4. The van der Waals surface area contributed by atoms with Crippen LogP contribution in [0.5, 0.6) is 0 Å². The quantitative estimate of drug-likeness (QED) is 0.882. The number of carboxylic acids is 1. The highest BCUT2D eigenvalue weighted by Crippen LogP contribution is 2.50. The Balaban J connectivity index is 2.15. The van der Waals surface area contributed by atoms with Crippen molar-refractivity contribution in [2.75, 3.05) is 0 Å². The lowest BCUT2D eigenvalue weighted by molar-refractivity contribution is -0.138. The molecule has 1 aromatic heterocycles. The molecule has 0 unspecified atom stereocenters. The molecule has 88 valence electrons. The minimum Gasteiger partial charge on any atom is -0.481 e. The minimum atomic E-state index is -0.731.